The molecule has 0 heterocycles. The standard InChI is InChI=1S/C16H13/c1-11-13-7-3-5-9-15(13)12(2)16-10-6-4-8-14(11)16/h3-10H,1H2,2H3/q-1. The van der Waals surface area contributed by atoms with Gasteiger partial charge >= 0.3 is 0 Å². The van der Waals surface area contributed by atoms with E-state index in [1.807, 2.05) is 0 Å². The molecule has 3 rings (SSSR count). The van der Waals surface area contributed by atoms with Gasteiger partial charge in [-0.15, -0.1) is 22.9 Å². The first-order chi connectivity index (χ1) is 7.79. The predicted molar refractivity (Wildman–Crippen MR) is 70.7 cm³/mol. The minimum atomic E-state index is 1.14. The fourth-order valence-electron chi connectivity index (χ4n) is 2.44. The second kappa shape index (κ2) is 3.28. The molecule has 0 aliphatic carbocycles. The second-order valence-corrected chi connectivity index (χ2v) is 4.19. The van der Waals surface area contributed by atoms with Crippen molar-refractivity contribution in [1.82, 2.24) is 0 Å². The molecule has 3 aromatic rings. The smallest absolute Gasteiger partial charge is 0.0406 e. The molecule has 0 aromatic heterocycles. The summed E-state index contributed by atoms with van der Waals surface area (Å²) in [6.45, 7) is 6.40. The first-order valence-corrected chi connectivity index (χ1v) is 5.51. The molecule has 0 saturated heterocycles. The fourth-order valence-corrected chi connectivity index (χ4v) is 2.44. The Morgan fingerprint density at radius 2 is 1.06 bits per heavy atom. The first-order valence-electron chi connectivity index (χ1n) is 5.51. The molecule has 0 atom stereocenters. The highest BCUT2D eigenvalue weighted by molar-refractivity contribution is 6.06. The molecule has 0 radical (unpaired) electrons. The van der Waals surface area contributed by atoms with Crippen LogP contribution in [0.4, 0.5) is 0 Å². The first kappa shape index (κ1) is 9.29. The lowest BCUT2D eigenvalue weighted by atomic mass is 9.93. The number of fused-ring (bicyclic) bond motifs is 2. The third kappa shape index (κ3) is 1.13. The summed E-state index contributed by atoms with van der Waals surface area (Å²) in [7, 11) is 0. The van der Waals surface area contributed by atoms with Gasteiger partial charge in [0.1, 0.15) is 0 Å². The van der Waals surface area contributed by atoms with E-state index in [4.69, 9.17) is 0 Å². The lowest BCUT2D eigenvalue weighted by molar-refractivity contribution is 1.57. The maximum atomic E-state index is 4.22. The molecule has 78 valence electrons. The zero-order valence-electron chi connectivity index (χ0n) is 9.33. The third-order valence-electron chi connectivity index (χ3n) is 3.31. The molecule has 0 spiro atoms. The van der Waals surface area contributed by atoms with Crippen LogP contribution in [0.25, 0.3) is 21.5 Å². The van der Waals surface area contributed by atoms with E-state index in [2.05, 4.69) is 62.4 Å². The Morgan fingerprint density at radius 3 is 1.50 bits per heavy atom. The molecule has 0 unspecified atom stereocenters. The predicted octanol–water partition coefficient (Wildman–Crippen LogP) is 4.48. The van der Waals surface area contributed by atoms with Crippen molar-refractivity contribution in [1.29, 1.82) is 0 Å². The van der Waals surface area contributed by atoms with Gasteiger partial charge in [-0.25, -0.2) is 0 Å². The molecular weight excluding hydrogens is 192 g/mol. The van der Waals surface area contributed by atoms with E-state index in [0.717, 1.165) is 5.56 Å². The highest BCUT2D eigenvalue weighted by Crippen LogP contribution is 2.31. The van der Waals surface area contributed by atoms with Crippen LogP contribution in [0.3, 0.4) is 0 Å². The molecule has 0 N–H and O–H groups in total. The molecule has 3 aromatic carbocycles. The van der Waals surface area contributed by atoms with Gasteiger partial charge in [-0.3, -0.25) is 0 Å². The molecule has 0 nitrogen and oxygen atoms in total. The molecule has 16 heavy (non-hydrogen) atoms. The van der Waals surface area contributed by atoms with Crippen LogP contribution in [-0.2, 0) is 0 Å². The average molecular weight is 205 g/mol. The molecule has 0 fully saturated rings. The van der Waals surface area contributed by atoms with Gasteiger partial charge in [0.2, 0.25) is 0 Å². The minimum Gasteiger partial charge on any atom is -0.198 e. The normalized spacial score (nSPS) is 11.1. The van der Waals surface area contributed by atoms with Crippen molar-refractivity contribution in [2.24, 2.45) is 0 Å². The van der Waals surface area contributed by atoms with Crippen LogP contribution in [0.5, 0.6) is 0 Å². The van der Waals surface area contributed by atoms with Crippen molar-refractivity contribution in [3.8, 4) is 0 Å². The van der Waals surface area contributed by atoms with E-state index in [1.54, 1.807) is 0 Å². The van der Waals surface area contributed by atoms with E-state index in [0.29, 0.717) is 0 Å². The van der Waals surface area contributed by atoms with Gasteiger partial charge in [0.05, 0.1) is 0 Å². The molecule has 0 aliphatic heterocycles. The summed E-state index contributed by atoms with van der Waals surface area (Å²) in [5.74, 6) is 0. The van der Waals surface area contributed by atoms with Crippen molar-refractivity contribution in [3.05, 3.63) is 66.6 Å². The van der Waals surface area contributed by atoms with Gasteiger partial charge in [-0.05, 0) is 6.92 Å². The minimum absolute atomic E-state index is 1.14. The van der Waals surface area contributed by atoms with Crippen LogP contribution in [-0.4, -0.2) is 0 Å². The van der Waals surface area contributed by atoms with Gasteiger partial charge in [0, 0.05) is 0 Å². The Hall–Kier alpha value is -1.95. The molecular formula is C16H13-. The largest absolute Gasteiger partial charge is 0.198 e. The van der Waals surface area contributed by atoms with Crippen LogP contribution < -0.4 is 0 Å². The van der Waals surface area contributed by atoms with Gasteiger partial charge in [0.15, 0.2) is 0 Å². The van der Waals surface area contributed by atoms with Crippen LogP contribution in [0.2, 0.25) is 0 Å². The van der Waals surface area contributed by atoms with E-state index >= 15 is 0 Å². The molecule has 0 aliphatic rings. The lowest BCUT2D eigenvalue weighted by Crippen LogP contribution is -1.87. The fraction of sp³-hybridized carbons (Fsp3) is 0.0625. The van der Waals surface area contributed by atoms with Crippen molar-refractivity contribution >= 4 is 21.5 Å². The van der Waals surface area contributed by atoms with Crippen LogP contribution in [0, 0.1) is 13.8 Å². The third-order valence-corrected chi connectivity index (χ3v) is 3.31. The van der Waals surface area contributed by atoms with Gasteiger partial charge in [-0.1, -0.05) is 52.7 Å². The number of hydrogen-bond donors (Lipinski definition) is 0. The Balaban J connectivity index is 2.67. The maximum absolute atomic E-state index is 4.22. The van der Waals surface area contributed by atoms with Crippen molar-refractivity contribution < 1.29 is 0 Å². The molecule has 0 bridgehead atoms. The topological polar surface area (TPSA) is 0 Å². The van der Waals surface area contributed by atoms with Gasteiger partial charge < -0.3 is 0 Å². The summed E-state index contributed by atoms with van der Waals surface area (Å²) in [5, 5.41) is 5.15. The van der Waals surface area contributed by atoms with E-state index < -0.39 is 0 Å². The Kier molecular flexibility index (Phi) is 1.90. The van der Waals surface area contributed by atoms with Crippen LogP contribution in [0.15, 0.2) is 48.5 Å². The number of rotatable bonds is 0. The van der Waals surface area contributed by atoms with Gasteiger partial charge in [0.25, 0.3) is 0 Å². The second-order valence-electron chi connectivity index (χ2n) is 4.19. The Morgan fingerprint density at radius 1 is 0.688 bits per heavy atom. The number of aryl methyl sites for hydroxylation is 1. The summed E-state index contributed by atoms with van der Waals surface area (Å²) in [6.07, 6.45) is 0. The van der Waals surface area contributed by atoms with Crippen LogP contribution in [0.1, 0.15) is 11.1 Å². The Bertz CT molecular complexity index is 561. The summed E-state index contributed by atoms with van der Waals surface area (Å²) < 4.78 is 0. The van der Waals surface area contributed by atoms with Crippen LogP contribution >= 0.6 is 0 Å². The van der Waals surface area contributed by atoms with Crippen molar-refractivity contribution in [3.63, 3.8) is 0 Å². The SMILES string of the molecule is [CH2-]c1c2ccccc2c(C)c2ccccc12. The summed E-state index contributed by atoms with van der Waals surface area (Å²) in [5.41, 5.74) is 2.48. The van der Waals surface area contributed by atoms with Crippen molar-refractivity contribution in [2.45, 2.75) is 6.92 Å². The monoisotopic (exact) mass is 205 g/mol. The van der Waals surface area contributed by atoms with E-state index in [9.17, 15) is 0 Å². The molecule has 0 amide bonds. The highest BCUT2D eigenvalue weighted by Gasteiger charge is 1.99. The summed E-state index contributed by atoms with van der Waals surface area (Å²) >= 11 is 0. The summed E-state index contributed by atoms with van der Waals surface area (Å²) in [6, 6.07) is 17.0. The van der Waals surface area contributed by atoms with E-state index in [-0.39, 0.29) is 0 Å². The Labute approximate surface area is 95.5 Å². The zero-order valence-corrected chi connectivity index (χ0v) is 9.33. The molecule has 0 heteroatoms. The molecule has 0 saturated carbocycles. The average Bonchev–Trinajstić information content (AvgIpc) is 2.36. The highest BCUT2D eigenvalue weighted by atomic mass is 14.1. The number of benzene rings is 3. The number of hydrogen-bond acceptors (Lipinski definition) is 0. The van der Waals surface area contributed by atoms with Crippen molar-refractivity contribution in [2.75, 3.05) is 0 Å². The van der Waals surface area contributed by atoms with Gasteiger partial charge in [-0.2, -0.15) is 12.5 Å². The maximum Gasteiger partial charge on any atom is -0.0406 e. The zero-order chi connectivity index (χ0) is 11.1. The van der Waals surface area contributed by atoms with E-state index in [1.165, 1.54) is 27.1 Å². The quantitative estimate of drug-likeness (QED) is 0.375. The lowest BCUT2D eigenvalue weighted by Gasteiger charge is -2.18. The summed E-state index contributed by atoms with van der Waals surface area (Å²) in [4.78, 5) is 0.